The highest BCUT2D eigenvalue weighted by Gasteiger charge is 2.48. The number of nitrogen functional groups attached to an aromatic ring is 1. The van der Waals surface area contributed by atoms with Gasteiger partial charge in [-0.05, 0) is 40.8 Å². The number of aryl methyl sites for hydroxylation is 1. The van der Waals surface area contributed by atoms with Crippen LogP contribution in [0.1, 0.15) is 51.0 Å². The summed E-state index contributed by atoms with van der Waals surface area (Å²) in [4.78, 5) is 9.11. The topological polar surface area (TPSA) is 51.8 Å². The van der Waals surface area contributed by atoms with Crippen LogP contribution in [-0.4, -0.2) is 9.97 Å². The summed E-state index contributed by atoms with van der Waals surface area (Å²) < 4.78 is 1.03. The van der Waals surface area contributed by atoms with Gasteiger partial charge < -0.3 is 5.73 Å². The van der Waals surface area contributed by atoms with Crippen LogP contribution in [-0.2, 0) is 6.42 Å². The van der Waals surface area contributed by atoms with E-state index in [9.17, 15) is 0 Å². The standard InChI is InChI=1S/C12H18IN3/c1-4-5-8-9(13)10(14)16-11(15-8)7-6-12(7,2)3/h7H,4-6H2,1-3H3,(H2,14,15,16). The summed E-state index contributed by atoms with van der Waals surface area (Å²) >= 11 is 2.25. The molecule has 1 aliphatic carbocycles. The summed E-state index contributed by atoms with van der Waals surface area (Å²) in [6.45, 7) is 6.68. The number of hydrogen-bond donors (Lipinski definition) is 1. The molecule has 4 heteroatoms. The highest BCUT2D eigenvalue weighted by Crippen LogP contribution is 2.57. The second kappa shape index (κ2) is 4.13. The van der Waals surface area contributed by atoms with Crippen molar-refractivity contribution in [3.8, 4) is 0 Å². The predicted octanol–water partition coefficient (Wildman–Crippen LogP) is 3.13. The zero-order valence-corrected chi connectivity index (χ0v) is 12.2. The van der Waals surface area contributed by atoms with Crippen molar-refractivity contribution >= 4 is 28.4 Å². The SMILES string of the molecule is CCCc1nc(C2CC2(C)C)nc(N)c1I. The van der Waals surface area contributed by atoms with Crippen LogP contribution in [0.3, 0.4) is 0 Å². The second-order valence-corrected chi connectivity index (χ2v) is 6.30. The van der Waals surface area contributed by atoms with Crippen LogP contribution in [0.4, 0.5) is 5.82 Å². The first-order chi connectivity index (χ1) is 7.45. The van der Waals surface area contributed by atoms with Crippen LogP contribution in [0.5, 0.6) is 0 Å². The molecule has 16 heavy (non-hydrogen) atoms. The summed E-state index contributed by atoms with van der Waals surface area (Å²) in [5, 5.41) is 0. The maximum Gasteiger partial charge on any atom is 0.140 e. The molecular formula is C12H18IN3. The number of hydrogen-bond acceptors (Lipinski definition) is 3. The number of anilines is 1. The van der Waals surface area contributed by atoms with Crippen molar-refractivity contribution in [2.75, 3.05) is 5.73 Å². The van der Waals surface area contributed by atoms with Gasteiger partial charge in [0.15, 0.2) is 0 Å². The van der Waals surface area contributed by atoms with Crippen molar-refractivity contribution in [3.05, 3.63) is 15.1 Å². The van der Waals surface area contributed by atoms with Gasteiger partial charge in [-0.25, -0.2) is 9.97 Å². The van der Waals surface area contributed by atoms with Gasteiger partial charge in [-0.15, -0.1) is 0 Å². The summed E-state index contributed by atoms with van der Waals surface area (Å²) in [5.41, 5.74) is 7.43. The summed E-state index contributed by atoms with van der Waals surface area (Å²) in [5.74, 6) is 2.10. The largest absolute Gasteiger partial charge is 0.383 e. The molecule has 0 amide bonds. The smallest absolute Gasteiger partial charge is 0.140 e. The molecule has 0 saturated heterocycles. The zero-order valence-electron chi connectivity index (χ0n) is 10.0. The number of aromatic nitrogens is 2. The van der Waals surface area contributed by atoms with E-state index in [4.69, 9.17) is 5.73 Å². The lowest BCUT2D eigenvalue weighted by molar-refractivity contribution is 0.606. The molecule has 1 heterocycles. The molecule has 0 aromatic carbocycles. The lowest BCUT2D eigenvalue weighted by Crippen LogP contribution is -2.08. The molecule has 0 bridgehead atoms. The highest BCUT2D eigenvalue weighted by molar-refractivity contribution is 14.1. The molecule has 88 valence electrons. The van der Waals surface area contributed by atoms with Gasteiger partial charge in [0.1, 0.15) is 11.6 Å². The lowest BCUT2D eigenvalue weighted by Gasteiger charge is -2.09. The van der Waals surface area contributed by atoms with E-state index in [2.05, 4.69) is 53.3 Å². The van der Waals surface area contributed by atoms with Gasteiger partial charge in [0.2, 0.25) is 0 Å². The minimum Gasteiger partial charge on any atom is -0.383 e. The average molecular weight is 331 g/mol. The Bertz CT molecular complexity index is 415. The second-order valence-electron chi connectivity index (χ2n) is 5.22. The van der Waals surface area contributed by atoms with Crippen LogP contribution in [0.2, 0.25) is 0 Å². The lowest BCUT2D eigenvalue weighted by atomic mass is 10.1. The zero-order chi connectivity index (χ0) is 11.9. The highest BCUT2D eigenvalue weighted by atomic mass is 127. The molecule has 1 atom stereocenters. The van der Waals surface area contributed by atoms with E-state index in [-0.39, 0.29) is 0 Å². The Kier molecular flexibility index (Phi) is 3.11. The Hall–Kier alpha value is -0.390. The number of nitrogens with zero attached hydrogens (tertiary/aromatic N) is 2. The first-order valence-corrected chi connectivity index (χ1v) is 6.85. The van der Waals surface area contributed by atoms with E-state index in [1.54, 1.807) is 0 Å². The van der Waals surface area contributed by atoms with E-state index in [1.165, 1.54) is 6.42 Å². The average Bonchev–Trinajstić information content (AvgIpc) is 2.83. The van der Waals surface area contributed by atoms with E-state index in [0.717, 1.165) is 27.9 Å². The first kappa shape index (κ1) is 12.1. The number of nitrogens with two attached hydrogens (primary N) is 1. The van der Waals surface area contributed by atoms with Crippen LogP contribution < -0.4 is 5.73 Å². The van der Waals surface area contributed by atoms with Crippen LogP contribution in [0, 0.1) is 8.99 Å². The molecule has 0 radical (unpaired) electrons. The monoisotopic (exact) mass is 331 g/mol. The Morgan fingerprint density at radius 1 is 1.44 bits per heavy atom. The van der Waals surface area contributed by atoms with Gasteiger partial charge in [-0.1, -0.05) is 27.2 Å². The molecule has 1 aromatic rings. The Morgan fingerprint density at radius 2 is 2.06 bits per heavy atom. The van der Waals surface area contributed by atoms with E-state index in [0.29, 0.717) is 17.2 Å². The normalized spacial score (nSPS) is 22.1. The predicted molar refractivity (Wildman–Crippen MR) is 74.3 cm³/mol. The van der Waals surface area contributed by atoms with Gasteiger partial charge in [0, 0.05) is 5.92 Å². The third kappa shape index (κ3) is 2.17. The van der Waals surface area contributed by atoms with Gasteiger partial charge in [0.05, 0.1) is 9.26 Å². The summed E-state index contributed by atoms with van der Waals surface area (Å²) in [7, 11) is 0. The van der Waals surface area contributed by atoms with Crippen molar-refractivity contribution < 1.29 is 0 Å². The molecule has 1 fully saturated rings. The molecule has 1 unspecified atom stereocenters. The Labute approximate surface area is 110 Å². The van der Waals surface area contributed by atoms with Gasteiger partial charge in [0.25, 0.3) is 0 Å². The van der Waals surface area contributed by atoms with Gasteiger partial charge >= 0.3 is 0 Å². The third-order valence-electron chi connectivity index (χ3n) is 3.27. The van der Waals surface area contributed by atoms with Crippen molar-refractivity contribution in [3.63, 3.8) is 0 Å². The van der Waals surface area contributed by atoms with E-state index < -0.39 is 0 Å². The fourth-order valence-corrected chi connectivity index (χ4v) is 2.51. The quantitative estimate of drug-likeness (QED) is 0.866. The minimum absolute atomic E-state index is 0.364. The molecule has 1 aromatic heterocycles. The molecular weight excluding hydrogens is 313 g/mol. The number of halogens is 1. The van der Waals surface area contributed by atoms with Crippen molar-refractivity contribution in [1.82, 2.24) is 9.97 Å². The van der Waals surface area contributed by atoms with E-state index >= 15 is 0 Å². The maximum atomic E-state index is 5.95. The van der Waals surface area contributed by atoms with E-state index in [1.807, 2.05) is 0 Å². The molecule has 0 aliphatic heterocycles. The molecule has 3 nitrogen and oxygen atoms in total. The molecule has 2 N–H and O–H groups in total. The molecule has 0 spiro atoms. The van der Waals surface area contributed by atoms with Crippen molar-refractivity contribution in [2.24, 2.45) is 5.41 Å². The van der Waals surface area contributed by atoms with Crippen molar-refractivity contribution in [2.45, 2.75) is 46.0 Å². The fourth-order valence-electron chi connectivity index (χ4n) is 2.00. The molecule has 1 saturated carbocycles. The van der Waals surface area contributed by atoms with Gasteiger partial charge in [-0.3, -0.25) is 0 Å². The van der Waals surface area contributed by atoms with Crippen molar-refractivity contribution in [1.29, 1.82) is 0 Å². The van der Waals surface area contributed by atoms with Crippen LogP contribution in [0.15, 0.2) is 0 Å². The molecule has 2 rings (SSSR count). The molecule has 1 aliphatic rings. The third-order valence-corrected chi connectivity index (χ3v) is 4.45. The summed E-state index contributed by atoms with van der Waals surface area (Å²) in [6, 6.07) is 0. The first-order valence-electron chi connectivity index (χ1n) is 5.77. The van der Waals surface area contributed by atoms with Gasteiger partial charge in [-0.2, -0.15) is 0 Å². The Balaban J connectivity index is 2.34. The Morgan fingerprint density at radius 3 is 2.56 bits per heavy atom. The van der Waals surface area contributed by atoms with Crippen LogP contribution in [0.25, 0.3) is 0 Å². The summed E-state index contributed by atoms with van der Waals surface area (Å²) in [6.07, 6.45) is 3.27. The van der Waals surface area contributed by atoms with Crippen LogP contribution >= 0.6 is 22.6 Å². The fraction of sp³-hybridized carbons (Fsp3) is 0.667. The number of rotatable bonds is 3. The maximum absolute atomic E-state index is 5.95. The minimum atomic E-state index is 0.364.